The molecule has 3 aliphatic rings. The fraction of sp³-hybridized carbons (Fsp3) is 1.00. The van der Waals surface area contributed by atoms with E-state index in [-0.39, 0.29) is 0 Å². The van der Waals surface area contributed by atoms with Crippen LogP contribution in [0.1, 0.15) is 0 Å². The molecule has 0 bridgehead atoms. The summed E-state index contributed by atoms with van der Waals surface area (Å²) in [7, 11) is 0. The molecule has 34 heavy (non-hydrogen) atoms. The van der Waals surface area contributed by atoms with Crippen LogP contribution in [0.5, 0.6) is 0 Å². The summed E-state index contributed by atoms with van der Waals surface area (Å²) in [4.78, 5) is 0. The number of rotatable bonds is 9. The third-order valence-electron chi connectivity index (χ3n) is 6.29. The van der Waals surface area contributed by atoms with Crippen LogP contribution in [-0.2, 0) is 23.7 Å². The normalized spacial score (nSPS) is 51.8. The van der Waals surface area contributed by atoms with Gasteiger partial charge in [-0.1, -0.05) is 0 Å². The third kappa shape index (κ3) is 4.71. The summed E-state index contributed by atoms with van der Waals surface area (Å²) < 4.78 is 26.6. The molecule has 0 aromatic rings. The lowest BCUT2D eigenvalue weighted by Gasteiger charge is -2.44. The van der Waals surface area contributed by atoms with E-state index < -0.39 is 112 Å². The number of ether oxygens (including phenoxy) is 5. The van der Waals surface area contributed by atoms with Crippen molar-refractivity contribution in [2.45, 2.75) is 78.9 Å². The van der Waals surface area contributed by atoms with E-state index in [1.54, 1.807) is 0 Å². The molecule has 3 fully saturated rings. The summed E-state index contributed by atoms with van der Waals surface area (Å²) in [6, 6.07) is 0. The summed E-state index contributed by atoms with van der Waals surface area (Å²) in [5.41, 5.74) is 0. The maximum atomic E-state index is 10.3. The molecule has 0 spiro atoms. The number of aliphatic hydroxyl groups excluding tert-OH is 11. The van der Waals surface area contributed by atoms with Gasteiger partial charge in [0.2, 0.25) is 11.6 Å². The van der Waals surface area contributed by atoms with Crippen LogP contribution in [0.4, 0.5) is 0 Å². The van der Waals surface area contributed by atoms with Crippen molar-refractivity contribution in [3.8, 4) is 0 Å². The first-order valence-corrected chi connectivity index (χ1v) is 10.5. The van der Waals surface area contributed by atoms with E-state index in [2.05, 4.69) is 0 Å². The summed E-state index contributed by atoms with van der Waals surface area (Å²) in [6.45, 7) is -4.23. The van der Waals surface area contributed by atoms with Gasteiger partial charge < -0.3 is 79.9 Å². The number of hydrogen-bond acceptors (Lipinski definition) is 16. The summed E-state index contributed by atoms with van der Waals surface area (Å²) >= 11 is 0. The molecular formula is C18H32O16. The molecule has 16 heteroatoms. The first kappa shape index (κ1) is 27.9. The average molecular weight is 504 g/mol. The van der Waals surface area contributed by atoms with Gasteiger partial charge in [-0.05, 0) is 0 Å². The van der Waals surface area contributed by atoms with E-state index >= 15 is 0 Å². The Kier molecular flexibility index (Phi) is 8.85. The average Bonchev–Trinajstić information content (AvgIpc) is 3.24. The largest absolute Gasteiger partial charge is 0.394 e. The Hall–Kier alpha value is -0.640. The topological polar surface area (TPSA) is 269 Å². The summed E-state index contributed by atoms with van der Waals surface area (Å²) in [6.07, 6.45) is -18.7. The Morgan fingerprint density at radius 1 is 0.588 bits per heavy atom. The predicted molar refractivity (Wildman–Crippen MR) is 101 cm³/mol. The van der Waals surface area contributed by atoms with Crippen molar-refractivity contribution in [1.29, 1.82) is 0 Å². The quantitative estimate of drug-likeness (QED) is 0.139. The Balaban J connectivity index is 1.74. The van der Waals surface area contributed by atoms with Gasteiger partial charge in [0, 0.05) is 0 Å². The standard InChI is InChI=1S/C18H32O16/c19-1-6-10(24)14(28)17(4-21,32-6)30-3-8-9(23)12(26)13(27)16(31-8)34-18(5-22)15(29)11(25)7(2-20)33-18/h6-16,19-29H,1-5H2/t6-,7-,8-,9+,10+,11+,12+,13-,14+,15+,16?,17-,18-/m1/s1. The SMILES string of the molecule is OC[C@H]1O[C@](CO)(OC2O[C@H](CO[C@]3(CO)O[C@H](CO)[C@H](O)[C@@H]3O)[C@H](O)[C@H](O)[C@H]2O)[C@@H](O)[C@H]1O. The first-order valence-electron chi connectivity index (χ1n) is 10.5. The van der Waals surface area contributed by atoms with Crippen molar-refractivity contribution in [2.24, 2.45) is 0 Å². The zero-order valence-corrected chi connectivity index (χ0v) is 17.8. The van der Waals surface area contributed by atoms with E-state index in [0.29, 0.717) is 0 Å². The van der Waals surface area contributed by atoms with Crippen LogP contribution >= 0.6 is 0 Å². The Labute approximate surface area is 192 Å². The molecule has 200 valence electrons. The van der Waals surface area contributed by atoms with Crippen molar-refractivity contribution in [3.05, 3.63) is 0 Å². The van der Waals surface area contributed by atoms with E-state index in [9.17, 15) is 56.2 Å². The maximum absolute atomic E-state index is 10.3. The zero-order valence-electron chi connectivity index (χ0n) is 17.8. The lowest BCUT2D eigenvalue weighted by Crippen LogP contribution is -2.63. The molecule has 16 nitrogen and oxygen atoms in total. The van der Waals surface area contributed by atoms with Gasteiger partial charge in [-0.2, -0.15) is 0 Å². The van der Waals surface area contributed by atoms with Gasteiger partial charge in [-0.3, -0.25) is 0 Å². The second kappa shape index (κ2) is 10.8. The molecule has 0 aromatic carbocycles. The fourth-order valence-electron chi connectivity index (χ4n) is 4.14. The molecule has 11 N–H and O–H groups in total. The zero-order chi connectivity index (χ0) is 25.4. The third-order valence-corrected chi connectivity index (χ3v) is 6.29. The fourth-order valence-corrected chi connectivity index (χ4v) is 4.14. The predicted octanol–water partition coefficient (Wildman–Crippen LogP) is -7.57. The van der Waals surface area contributed by atoms with Crippen molar-refractivity contribution in [2.75, 3.05) is 33.0 Å². The van der Waals surface area contributed by atoms with Crippen molar-refractivity contribution in [3.63, 3.8) is 0 Å². The minimum atomic E-state index is -2.37. The summed E-state index contributed by atoms with van der Waals surface area (Å²) in [5, 5.41) is 109. The molecule has 13 atom stereocenters. The van der Waals surface area contributed by atoms with Gasteiger partial charge in [0.25, 0.3) is 0 Å². The van der Waals surface area contributed by atoms with Crippen molar-refractivity contribution >= 4 is 0 Å². The Morgan fingerprint density at radius 3 is 1.56 bits per heavy atom. The van der Waals surface area contributed by atoms with E-state index in [0.717, 1.165) is 0 Å². The number of hydrogen-bond donors (Lipinski definition) is 11. The minimum Gasteiger partial charge on any atom is -0.394 e. The van der Waals surface area contributed by atoms with Crippen LogP contribution in [0, 0.1) is 0 Å². The molecule has 3 saturated heterocycles. The van der Waals surface area contributed by atoms with Crippen molar-refractivity contribution in [1.82, 2.24) is 0 Å². The van der Waals surface area contributed by atoms with Gasteiger partial charge >= 0.3 is 0 Å². The van der Waals surface area contributed by atoms with Gasteiger partial charge in [0.1, 0.15) is 74.3 Å². The van der Waals surface area contributed by atoms with Crippen LogP contribution in [0.25, 0.3) is 0 Å². The highest BCUT2D eigenvalue weighted by Crippen LogP contribution is 2.37. The molecule has 3 rings (SSSR count). The highest BCUT2D eigenvalue weighted by Gasteiger charge is 2.59. The molecule has 0 saturated carbocycles. The molecule has 0 aromatic heterocycles. The Morgan fingerprint density at radius 2 is 1.09 bits per heavy atom. The van der Waals surface area contributed by atoms with Crippen LogP contribution in [0.3, 0.4) is 0 Å². The van der Waals surface area contributed by atoms with Gasteiger partial charge in [-0.25, -0.2) is 0 Å². The second-order valence-electron chi connectivity index (χ2n) is 8.43. The van der Waals surface area contributed by atoms with Gasteiger partial charge in [0.05, 0.1) is 19.8 Å². The molecule has 3 heterocycles. The maximum Gasteiger partial charge on any atom is 0.224 e. The lowest BCUT2D eigenvalue weighted by molar-refractivity contribution is -0.389. The van der Waals surface area contributed by atoms with Gasteiger partial charge in [-0.15, -0.1) is 0 Å². The highest BCUT2D eigenvalue weighted by molar-refractivity contribution is 4.99. The van der Waals surface area contributed by atoms with Crippen LogP contribution < -0.4 is 0 Å². The first-order chi connectivity index (χ1) is 16.0. The Bertz CT molecular complexity index is 668. The molecule has 3 aliphatic heterocycles. The number of aliphatic hydroxyl groups is 11. The molecule has 0 amide bonds. The van der Waals surface area contributed by atoms with E-state index in [4.69, 9.17) is 23.7 Å². The van der Waals surface area contributed by atoms with E-state index in [1.165, 1.54) is 0 Å². The van der Waals surface area contributed by atoms with Crippen LogP contribution in [-0.4, -0.2) is 168 Å². The molecule has 0 aliphatic carbocycles. The molecule has 1 unspecified atom stereocenters. The van der Waals surface area contributed by atoms with Crippen LogP contribution in [0.15, 0.2) is 0 Å². The van der Waals surface area contributed by atoms with E-state index in [1.807, 2.05) is 0 Å². The monoisotopic (exact) mass is 504 g/mol. The lowest BCUT2D eigenvalue weighted by atomic mass is 9.98. The molecular weight excluding hydrogens is 472 g/mol. The molecule has 0 radical (unpaired) electrons. The van der Waals surface area contributed by atoms with Gasteiger partial charge in [0.15, 0.2) is 6.29 Å². The highest BCUT2D eigenvalue weighted by atomic mass is 16.8. The minimum absolute atomic E-state index is 0.709. The second-order valence-corrected chi connectivity index (χ2v) is 8.43. The van der Waals surface area contributed by atoms with Crippen molar-refractivity contribution < 1.29 is 79.9 Å². The smallest absolute Gasteiger partial charge is 0.224 e. The van der Waals surface area contributed by atoms with Crippen LogP contribution in [0.2, 0.25) is 0 Å². The summed E-state index contributed by atoms with van der Waals surface area (Å²) in [5.74, 6) is -4.59.